The number of Topliss-reactive ketones (excluding diaryl/α,β-unsaturated/α-hetero) is 2. The second-order valence-corrected chi connectivity index (χ2v) is 3.05. The summed E-state index contributed by atoms with van der Waals surface area (Å²) >= 11 is 0. The molecule has 0 aromatic carbocycles. The molecule has 0 rings (SSSR count). The number of rotatable bonds is 5. The monoisotopic (exact) mass is 186 g/mol. The van der Waals surface area contributed by atoms with Crippen molar-refractivity contribution in [1.29, 1.82) is 0 Å². The van der Waals surface area contributed by atoms with E-state index < -0.39 is 0 Å². The van der Waals surface area contributed by atoms with Gasteiger partial charge in [-0.2, -0.15) is 0 Å². The minimum atomic E-state index is 0.307. The van der Waals surface area contributed by atoms with Crippen molar-refractivity contribution in [3.63, 3.8) is 0 Å². The topological polar surface area (TPSA) is 34.1 Å². The molecule has 78 valence electrons. The third kappa shape index (κ3) is 18.4. The molecular weight excluding hydrogens is 164 g/mol. The summed E-state index contributed by atoms with van der Waals surface area (Å²) < 4.78 is 0. The molecule has 0 saturated heterocycles. The number of ketones is 2. The molecule has 0 amide bonds. The van der Waals surface area contributed by atoms with E-state index in [-0.39, 0.29) is 0 Å². The fourth-order valence-corrected chi connectivity index (χ4v) is 0.676. The highest BCUT2D eigenvalue weighted by atomic mass is 16.1. The summed E-state index contributed by atoms with van der Waals surface area (Å²) in [5, 5.41) is 0. The van der Waals surface area contributed by atoms with Gasteiger partial charge >= 0.3 is 0 Å². The second kappa shape index (κ2) is 11.3. The Morgan fingerprint density at radius 2 is 1.46 bits per heavy atom. The van der Waals surface area contributed by atoms with Crippen LogP contribution in [0.3, 0.4) is 0 Å². The van der Waals surface area contributed by atoms with Crippen LogP contribution < -0.4 is 0 Å². The van der Waals surface area contributed by atoms with Gasteiger partial charge in [-0.3, -0.25) is 4.79 Å². The number of unbranched alkanes of at least 4 members (excludes halogenated alkanes) is 1. The van der Waals surface area contributed by atoms with Crippen molar-refractivity contribution in [2.45, 2.75) is 59.8 Å². The Labute approximate surface area is 81.7 Å². The summed E-state index contributed by atoms with van der Waals surface area (Å²) in [6.07, 6.45) is 4.32. The first kappa shape index (κ1) is 14.8. The van der Waals surface area contributed by atoms with Crippen LogP contribution in [0.2, 0.25) is 0 Å². The van der Waals surface area contributed by atoms with E-state index in [9.17, 15) is 9.59 Å². The molecular formula is C11H22O2. The summed E-state index contributed by atoms with van der Waals surface area (Å²) in [4.78, 5) is 20.4. The Kier molecular flexibility index (Phi) is 12.9. The molecule has 13 heavy (non-hydrogen) atoms. The molecule has 0 N–H and O–H groups in total. The molecule has 0 aliphatic heterocycles. The largest absolute Gasteiger partial charge is 0.300 e. The molecule has 0 atom stereocenters. The van der Waals surface area contributed by atoms with E-state index >= 15 is 0 Å². The lowest BCUT2D eigenvalue weighted by molar-refractivity contribution is -0.118. The summed E-state index contributed by atoms with van der Waals surface area (Å²) in [5.41, 5.74) is 0. The third-order valence-corrected chi connectivity index (χ3v) is 1.67. The maximum Gasteiger partial charge on any atom is 0.132 e. The molecule has 0 spiro atoms. The Morgan fingerprint density at radius 1 is 1.00 bits per heavy atom. The van der Waals surface area contributed by atoms with E-state index in [1.54, 1.807) is 6.92 Å². The van der Waals surface area contributed by atoms with E-state index in [1.165, 1.54) is 0 Å². The average Bonchev–Trinajstić information content (AvgIpc) is 2.14. The van der Waals surface area contributed by atoms with Gasteiger partial charge in [-0.1, -0.05) is 27.2 Å². The Hall–Kier alpha value is -0.660. The van der Waals surface area contributed by atoms with E-state index in [1.807, 2.05) is 13.8 Å². The first-order chi connectivity index (χ1) is 6.08. The molecule has 0 aromatic heterocycles. The lowest BCUT2D eigenvalue weighted by Crippen LogP contribution is -1.88. The lowest BCUT2D eigenvalue weighted by Gasteiger charge is -1.86. The third-order valence-electron chi connectivity index (χ3n) is 1.67. The predicted octanol–water partition coefficient (Wildman–Crippen LogP) is 3.14. The van der Waals surface area contributed by atoms with Gasteiger partial charge in [-0.15, -0.1) is 0 Å². The van der Waals surface area contributed by atoms with Gasteiger partial charge in [-0.05, 0) is 13.3 Å². The van der Waals surface area contributed by atoms with Crippen molar-refractivity contribution < 1.29 is 9.59 Å². The van der Waals surface area contributed by atoms with Crippen molar-refractivity contribution >= 4 is 11.6 Å². The van der Waals surface area contributed by atoms with Crippen LogP contribution in [0.1, 0.15) is 59.8 Å². The van der Waals surface area contributed by atoms with Crippen LogP contribution in [-0.2, 0) is 9.59 Å². The van der Waals surface area contributed by atoms with Gasteiger partial charge in [0, 0.05) is 19.3 Å². The lowest BCUT2D eigenvalue weighted by atomic mass is 10.2. The maximum absolute atomic E-state index is 10.2. The minimum absolute atomic E-state index is 0.307. The standard InChI is InChI=1S/C6H12O.C5H10O/c1-3-4-5-6(2)7;1-3-5(6)4-2/h3-5H2,1-2H3;3-4H2,1-2H3. The van der Waals surface area contributed by atoms with Gasteiger partial charge in [0.05, 0.1) is 0 Å². The molecule has 0 radical (unpaired) electrons. The van der Waals surface area contributed by atoms with E-state index in [2.05, 4.69) is 6.92 Å². The summed E-state index contributed by atoms with van der Waals surface area (Å²) in [5.74, 6) is 0.650. The normalized spacial score (nSPS) is 8.62. The number of hydrogen-bond donors (Lipinski definition) is 0. The molecule has 0 heterocycles. The van der Waals surface area contributed by atoms with Crippen LogP contribution in [0.15, 0.2) is 0 Å². The summed E-state index contributed by atoms with van der Waals surface area (Å²) in [6.45, 7) is 7.48. The molecule has 2 heteroatoms. The molecule has 0 bridgehead atoms. The van der Waals surface area contributed by atoms with Gasteiger partial charge in [0.15, 0.2) is 0 Å². The van der Waals surface area contributed by atoms with Gasteiger partial charge in [-0.25, -0.2) is 0 Å². The van der Waals surface area contributed by atoms with Crippen LogP contribution in [0.5, 0.6) is 0 Å². The summed E-state index contributed by atoms with van der Waals surface area (Å²) in [7, 11) is 0. The smallest absolute Gasteiger partial charge is 0.132 e. The van der Waals surface area contributed by atoms with Crippen molar-refractivity contribution in [3.05, 3.63) is 0 Å². The minimum Gasteiger partial charge on any atom is -0.300 e. The quantitative estimate of drug-likeness (QED) is 0.661. The zero-order valence-corrected chi connectivity index (χ0v) is 9.35. The van der Waals surface area contributed by atoms with Crippen molar-refractivity contribution in [2.75, 3.05) is 0 Å². The van der Waals surface area contributed by atoms with Crippen LogP contribution in [0.4, 0.5) is 0 Å². The van der Waals surface area contributed by atoms with E-state index in [4.69, 9.17) is 0 Å². The molecule has 0 aliphatic rings. The van der Waals surface area contributed by atoms with Crippen LogP contribution in [-0.4, -0.2) is 11.6 Å². The Balaban J connectivity index is 0. The zero-order chi connectivity index (χ0) is 10.7. The maximum atomic E-state index is 10.2. The average molecular weight is 186 g/mol. The van der Waals surface area contributed by atoms with E-state index in [0.717, 1.165) is 19.3 Å². The fourth-order valence-electron chi connectivity index (χ4n) is 0.676. The number of carbonyl (C=O) groups excluding carboxylic acids is 2. The number of hydrogen-bond acceptors (Lipinski definition) is 2. The predicted molar refractivity (Wildman–Crippen MR) is 55.8 cm³/mol. The summed E-state index contributed by atoms with van der Waals surface area (Å²) in [6, 6.07) is 0. The molecule has 0 aromatic rings. The van der Waals surface area contributed by atoms with Crippen LogP contribution in [0.25, 0.3) is 0 Å². The second-order valence-electron chi connectivity index (χ2n) is 3.05. The first-order valence-corrected chi connectivity index (χ1v) is 5.09. The Bertz CT molecular complexity index is 133. The SMILES string of the molecule is CCC(=O)CC.CCCCC(C)=O. The number of carbonyl (C=O) groups is 2. The highest BCUT2D eigenvalue weighted by molar-refractivity contribution is 5.77. The van der Waals surface area contributed by atoms with Crippen molar-refractivity contribution in [1.82, 2.24) is 0 Å². The van der Waals surface area contributed by atoms with Gasteiger partial charge in [0.2, 0.25) is 0 Å². The molecule has 0 fully saturated rings. The molecule has 2 nitrogen and oxygen atoms in total. The van der Waals surface area contributed by atoms with E-state index in [0.29, 0.717) is 24.4 Å². The molecule has 0 saturated carbocycles. The highest BCUT2D eigenvalue weighted by Gasteiger charge is 1.87. The first-order valence-electron chi connectivity index (χ1n) is 5.09. The van der Waals surface area contributed by atoms with Gasteiger partial charge in [0.25, 0.3) is 0 Å². The van der Waals surface area contributed by atoms with Crippen molar-refractivity contribution in [3.8, 4) is 0 Å². The van der Waals surface area contributed by atoms with Crippen molar-refractivity contribution in [2.24, 2.45) is 0 Å². The fraction of sp³-hybridized carbons (Fsp3) is 0.818. The Morgan fingerprint density at radius 3 is 1.54 bits per heavy atom. The molecule has 0 unspecified atom stereocenters. The van der Waals surface area contributed by atoms with Crippen LogP contribution >= 0.6 is 0 Å². The van der Waals surface area contributed by atoms with Crippen LogP contribution in [0, 0.1) is 0 Å². The molecule has 0 aliphatic carbocycles. The zero-order valence-electron chi connectivity index (χ0n) is 9.35. The van der Waals surface area contributed by atoms with Gasteiger partial charge in [0.1, 0.15) is 11.6 Å². The van der Waals surface area contributed by atoms with Gasteiger partial charge < -0.3 is 4.79 Å². The highest BCUT2D eigenvalue weighted by Crippen LogP contribution is 1.92.